The van der Waals surface area contributed by atoms with Crippen molar-refractivity contribution in [2.24, 2.45) is 11.3 Å². The van der Waals surface area contributed by atoms with Crippen LogP contribution in [0.15, 0.2) is 22.2 Å². The third-order valence-electron chi connectivity index (χ3n) is 8.98. The van der Waals surface area contributed by atoms with E-state index in [1.165, 1.54) is 29.4 Å². The van der Waals surface area contributed by atoms with Gasteiger partial charge in [-0.15, -0.1) is 0 Å². The molecule has 5 heterocycles. The first-order chi connectivity index (χ1) is 20.4. The first-order valence-electron chi connectivity index (χ1n) is 15.2. The number of pyridine rings is 1. The van der Waals surface area contributed by atoms with Gasteiger partial charge in [0.05, 0.1) is 47.5 Å². The van der Waals surface area contributed by atoms with Crippen LogP contribution < -0.4 is 10.2 Å². The van der Waals surface area contributed by atoms with Gasteiger partial charge >= 0.3 is 6.09 Å². The van der Waals surface area contributed by atoms with E-state index in [9.17, 15) is 9.90 Å². The number of piperidine rings is 1. The quantitative estimate of drug-likeness (QED) is 0.306. The Bertz CT molecular complexity index is 1520. The van der Waals surface area contributed by atoms with Gasteiger partial charge in [0, 0.05) is 24.2 Å². The Hall–Kier alpha value is -2.60. The summed E-state index contributed by atoms with van der Waals surface area (Å²) in [7, 11) is 0. The molecule has 0 bridgehead atoms. The van der Waals surface area contributed by atoms with Gasteiger partial charge in [-0.2, -0.15) is 0 Å². The SMILES string of the molecule is CC1CCc2[nH]c3cc(Sc4cnc(N5CCC6(CC5)CO[C@@H](C)[C@H]6NC(=O)OC(C)(C)C)c(CO)n4)c(Cl)nc3c2C1. The van der Waals surface area contributed by atoms with Crippen LogP contribution in [0.25, 0.3) is 11.0 Å². The van der Waals surface area contributed by atoms with Crippen molar-refractivity contribution in [2.45, 2.75) is 101 Å². The van der Waals surface area contributed by atoms with E-state index in [1.54, 1.807) is 6.20 Å². The van der Waals surface area contributed by atoms with Crippen molar-refractivity contribution in [3.8, 4) is 0 Å². The minimum Gasteiger partial charge on any atom is -0.444 e. The smallest absolute Gasteiger partial charge is 0.407 e. The van der Waals surface area contributed by atoms with Crippen molar-refractivity contribution in [3.63, 3.8) is 0 Å². The molecule has 1 amide bonds. The molecular formula is C31H41ClN6O4S. The fourth-order valence-electron chi connectivity index (χ4n) is 6.77. The van der Waals surface area contributed by atoms with Crippen molar-refractivity contribution in [3.05, 3.63) is 34.4 Å². The van der Waals surface area contributed by atoms with Crippen LogP contribution in [-0.2, 0) is 28.9 Å². The van der Waals surface area contributed by atoms with Gasteiger partial charge in [-0.3, -0.25) is 0 Å². The zero-order valence-corrected chi connectivity index (χ0v) is 27.1. The zero-order valence-electron chi connectivity index (χ0n) is 25.5. The Morgan fingerprint density at radius 1 is 1.30 bits per heavy atom. The fourth-order valence-corrected chi connectivity index (χ4v) is 7.81. The Labute approximate surface area is 261 Å². The predicted octanol–water partition coefficient (Wildman–Crippen LogP) is 5.67. The highest BCUT2D eigenvalue weighted by Crippen LogP contribution is 2.44. The van der Waals surface area contributed by atoms with Gasteiger partial charge in [0.15, 0.2) is 5.82 Å². The molecule has 3 N–H and O–H groups in total. The number of carbonyl (C=O) groups is 1. The number of alkyl carbamates (subject to hydrolysis) is 1. The topological polar surface area (TPSA) is 125 Å². The molecule has 0 saturated carbocycles. The van der Waals surface area contributed by atoms with Gasteiger partial charge in [-0.1, -0.05) is 30.3 Å². The number of carbonyl (C=O) groups excluding carboxylic acids is 1. The summed E-state index contributed by atoms with van der Waals surface area (Å²) in [6.07, 6.45) is 6.05. The summed E-state index contributed by atoms with van der Waals surface area (Å²) in [5, 5.41) is 14.4. The Morgan fingerprint density at radius 3 is 2.79 bits per heavy atom. The average molecular weight is 629 g/mol. The van der Waals surface area contributed by atoms with E-state index in [0.29, 0.717) is 47.3 Å². The van der Waals surface area contributed by atoms with Gasteiger partial charge in [-0.25, -0.2) is 19.7 Å². The maximum absolute atomic E-state index is 12.6. The number of hydrogen-bond donors (Lipinski definition) is 3. The number of nitrogens with zero attached hydrogens (tertiary/aromatic N) is 4. The van der Waals surface area contributed by atoms with Gasteiger partial charge < -0.3 is 29.8 Å². The molecule has 3 aromatic heterocycles. The van der Waals surface area contributed by atoms with Crippen LogP contribution in [0.2, 0.25) is 5.15 Å². The van der Waals surface area contributed by atoms with Crippen LogP contribution in [0.5, 0.6) is 0 Å². The van der Waals surface area contributed by atoms with Gasteiger partial charge in [0.25, 0.3) is 0 Å². The van der Waals surface area contributed by atoms with E-state index >= 15 is 0 Å². The highest BCUT2D eigenvalue weighted by molar-refractivity contribution is 7.99. The van der Waals surface area contributed by atoms with Crippen LogP contribution in [0.1, 0.15) is 70.8 Å². The van der Waals surface area contributed by atoms with Gasteiger partial charge in [0.1, 0.15) is 21.5 Å². The van der Waals surface area contributed by atoms with Crippen LogP contribution in [0.4, 0.5) is 10.6 Å². The van der Waals surface area contributed by atoms with Crippen molar-refractivity contribution in [2.75, 3.05) is 24.6 Å². The minimum atomic E-state index is -0.568. The van der Waals surface area contributed by atoms with Crippen molar-refractivity contribution < 1.29 is 19.4 Å². The number of aryl methyl sites for hydroxylation is 1. The molecule has 0 radical (unpaired) electrons. The summed E-state index contributed by atoms with van der Waals surface area (Å²) in [6, 6.07) is 1.90. The van der Waals surface area contributed by atoms with E-state index in [-0.39, 0.29) is 24.2 Å². The van der Waals surface area contributed by atoms with E-state index in [1.807, 2.05) is 33.8 Å². The Balaban J connectivity index is 1.15. The number of halogens is 1. The molecule has 2 fully saturated rings. The molecule has 0 aromatic carbocycles. The van der Waals surface area contributed by atoms with E-state index in [4.69, 9.17) is 36.0 Å². The summed E-state index contributed by atoms with van der Waals surface area (Å²) in [4.78, 5) is 33.4. The lowest BCUT2D eigenvalue weighted by Crippen LogP contribution is -2.55. The van der Waals surface area contributed by atoms with E-state index in [0.717, 1.165) is 41.6 Å². The van der Waals surface area contributed by atoms with Crippen molar-refractivity contribution >= 4 is 46.3 Å². The minimum absolute atomic E-state index is 0.108. The second-order valence-corrected chi connectivity index (χ2v) is 14.8. The average Bonchev–Trinajstić information content (AvgIpc) is 3.44. The van der Waals surface area contributed by atoms with E-state index in [2.05, 4.69) is 22.1 Å². The summed E-state index contributed by atoms with van der Waals surface area (Å²) in [5.41, 5.74) is 4.27. The lowest BCUT2D eigenvalue weighted by molar-refractivity contribution is 0.0434. The largest absolute Gasteiger partial charge is 0.444 e. The van der Waals surface area contributed by atoms with Crippen LogP contribution in [0, 0.1) is 11.3 Å². The number of rotatable bonds is 5. The van der Waals surface area contributed by atoms with Crippen LogP contribution >= 0.6 is 23.4 Å². The number of nitrogens with one attached hydrogen (secondary N) is 2. The van der Waals surface area contributed by atoms with Crippen LogP contribution in [-0.4, -0.2) is 68.6 Å². The van der Waals surface area contributed by atoms with Crippen molar-refractivity contribution in [1.29, 1.82) is 0 Å². The first kappa shape index (κ1) is 30.4. The molecule has 43 heavy (non-hydrogen) atoms. The molecule has 3 atom stereocenters. The monoisotopic (exact) mass is 628 g/mol. The number of H-pyrrole nitrogens is 1. The molecular weight excluding hydrogens is 588 g/mol. The highest BCUT2D eigenvalue weighted by atomic mass is 35.5. The molecule has 232 valence electrons. The lowest BCUT2D eigenvalue weighted by Gasteiger charge is -2.43. The third kappa shape index (κ3) is 6.18. The van der Waals surface area contributed by atoms with E-state index < -0.39 is 11.7 Å². The summed E-state index contributed by atoms with van der Waals surface area (Å²) in [6.45, 7) is 11.6. The predicted molar refractivity (Wildman–Crippen MR) is 167 cm³/mol. The molecule has 2 aliphatic heterocycles. The summed E-state index contributed by atoms with van der Waals surface area (Å²) >= 11 is 8.06. The van der Waals surface area contributed by atoms with Crippen molar-refractivity contribution in [1.82, 2.24) is 25.3 Å². The lowest BCUT2D eigenvalue weighted by atomic mass is 9.73. The molecule has 1 aliphatic carbocycles. The van der Waals surface area contributed by atoms with Gasteiger partial charge in [0.2, 0.25) is 0 Å². The molecule has 12 heteroatoms. The number of fused-ring (bicyclic) bond motifs is 3. The molecule has 3 aliphatic rings. The highest BCUT2D eigenvalue weighted by Gasteiger charge is 2.50. The molecule has 6 rings (SSSR count). The second-order valence-electron chi connectivity index (χ2n) is 13.3. The molecule has 2 saturated heterocycles. The standard InChI is InChI=1S/C31H41ClN6O4S/c1-17-6-7-20-19(12-17)25-21(34-20)13-23(27(32)36-25)43-24-14-33-28(22(15-39)35-24)38-10-8-31(9-11-38)16-41-18(2)26(31)37-29(40)42-30(3,4)5/h13-14,17-18,26,34,39H,6-12,15-16H2,1-5H3,(H,37,40)/t17?,18-,26+/m0/s1. The summed E-state index contributed by atoms with van der Waals surface area (Å²) in [5.74, 6) is 1.32. The normalized spacial score (nSPS) is 23.5. The fraction of sp³-hybridized carbons (Fsp3) is 0.613. The zero-order chi connectivity index (χ0) is 30.5. The number of amides is 1. The number of aliphatic hydroxyl groups excluding tert-OH is 1. The van der Waals surface area contributed by atoms with Gasteiger partial charge in [-0.05, 0) is 77.3 Å². The Morgan fingerprint density at radius 2 is 2.07 bits per heavy atom. The molecule has 1 spiro atoms. The number of aromatic nitrogens is 4. The Kier molecular flexibility index (Phi) is 8.29. The number of ether oxygens (including phenoxy) is 2. The number of hydrogen-bond acceptors (Lipinski definition) is 9. The number of aromatic amines is 1. The number of anilines is 1. The maximum atomic E-state index is 12.6. The maximum Gasteiger partial charge on any atom is 0.407 e. The third-order valence-corrected chi connectivity index (χ3v) is 10.3. The number of aliphatic hydroxyl groups is 1. The molecule has 1 unspecified atom stereocenters. The second kappa shape index (κ2) is 11.7. The summed E-state index contributed by atoms with van der Waals surface area (Å²) < 4.78 is 11.6. The molecule has 10 nitrogen and oxygen atoms in total. The van der Waals surface area contributed by atoms with Crippen LogP contribution in [0.3, 0.4) is 0 Å². The molecule has 3 aromatic rings. The first-order valence-corrected chi connectivity index (χ1v) is 16.3.